The van der Waals surface area contributed by atoms with E-state index in [0.717, 1.165) is 35.1 Å². The second-order valence-corrected chi connectivity index (χ2v) is 10.8. The second kappa shape index (κ2) is 14.1. The van der Waals surface area contributed by atoms with Gasteiger partial charge in [-0.2, -0.15) is 0 Å². The molecular weight excluding hydrogens is 538 g/mol. The van der Waals surface area contributed by atoms with E-state index in [2.05, 4.69) is 21.6 Å². The van der Waals surface area contributed by atoms with Crippen molar-refractivity contribution in [3.05, 3.63) is 87.0 Å². The van der Waals surface area contributed by atoms with E-state index < -0.39 is 11.6 Å². The Kier molecular flexibility index (Phi) is 10.3. The Morgan fingerprint density at radius 2 is 1.79 bits per heavy atom. The largest absolute Gasteiger partial charge is 0.461 e. The first kappa shape index (κ1) is 30.7. The normalized spacial score (nSPS) is 12.9. The molecule has 4 N–H and O–H groups in total. The molecule has 0 fully saturated rings. The minimum absolute atomic E-state index is 0.0525. The highest BCUT2D eigenvalue weighted by molar-refractivity contribution is 6.04. The number of benzene rings is 2. The lowest BCUT2D eigenvalue weighted by Crippen LogP contribution is -2.35. The molecule has 2 aromatic carbocycles. The molecule has 1 aromatic heterocycles. The van der Waals surface area contributed by atoms with Crippen LogP contribution in [0.25, 0.3) is 11.1 Å². The third-order valence-electron chi connectivity index (χ3n) is 6.95. The number of esters is 1. The maximum Gasteiger partial charge on any atom is 0.357 e. The number of imidazole rings is 1. The number of hydrazone groups is 1. The van der Waals surface area contributed by atoms with Crippen molar-refractivity contribution >= 4 is 11.8 Å². The van der Waals surface area contributed by atoms with Crippen molar-refractivity contribution in [1.29, 1.82) is 0 Å². The summed E-state index contributed by atoms with van der Waals surface area (Å²) in [5.74, 6) is 0.863. The average Bonchev–Trinajstić information content (AvgIpc) is 3.62. The van der Waals surface area contributed by atoms with Gasteiger partial charge in [-0.15, -0.1) is 10.6 Å². The number of hydrazine groups is 2. The number of hydrogen-bond donors (Lipinski definition) is 4. The summed E-state index contributed by atoms with van der Waals surface area (Å²) in [6.07, 6.45) is 3.99. The summed E-state index contributed by atoms with van der Waals surface area (Å²) in [7, 11) is 0. The number of carbonyl (C=O) groups is 1. The van der Waals surface area contributed by atoms with Crippen LogP contribution in [0.5, 0.6) is 0 Å². The van der Waals surface area contributed by atoms with Gasteiger partial charge in [0, 0.05) is 29.9 Å². The number of aryl methyl sites for hydroxylation is 1. The predicted octanol–water partition coefficient (Wildman–Crippen LogP) is 4.05. The van der Waals surface area contributed by atoms with Crippen LogP contribution in [0.1, 0.15) is 86.0 Å². The first-order valence-electron chi connectivity index (χ1n) is 14.3. The molecule has 12 nitrogen and oxygen atoms in total. The molecule has 0 unspecified atom stereocenters. The lowest BCUT2D eigenvalue weighted by atomic mass is 9.98. The lowest BCUT2D eigenvalue weighted by molar-refractivity contribution is -0.480. The van der Waals surface area contributed by atoms with Crippen molar-refractivity contribution in [3.8, 4) is 11.1 Å². The molecule has 0 aliphatic carbocycles. The van der Waals surface area contributed by atoms with Crippen LogP contribution in [0, 0.1) is 10.1 Å². The van der Waals surface area contributed by atoms with Crippen LogP contribution >= 0.6 is 0 Å². The molecule has 3 aromatic rings. The van der Waals surface area contributed by atoms with Crippen molar-refractivity contribution in [2.45, 2.75) is 71.4 Å². The van der Waals surface area contributed by atoms with Gasteiger partial charge in [-0.05, 0) is 56.2 Å². The smallest absolute Gasteiger partial charge is 0.357 e. The first-order valence-corrected chi connectivity index (χ1v) is 14.3. The lowest BCUT2D eigenvalue weighted by Gasteiger charge is -2.18. The maximum absolute atomic E-state index is 13.4. The van der Waals surface area contributed by atoms with E-state index in [1.54, 1.807) is 13.8 Å². The molecule has 0 atom stereocenters. The molecule has 0 amide bonds. The average molecular weight is 578 g/mol. The molecule has 1 aliphatic heterocycles. The van der Waals surface area contributed by atoms with Crippen LogP contribution in [-0.4, -0.2) is 44.5 Å². The number of rotatable bonds is 15. The standard InChI is InChI=1S/C30H39N7O5/c1-4-11-25-31-27(30(2,3)39)26(29(38)42-19-10-6-5-9-18-37(40)41)36(25)20-21-14-16-22(17-15-21)23-12-7-8-13-24(23)28-32-34-35-33-28/h7-8,12-17,34-35,39H,4-6,9-11,18-20H2,1-3H3,(H,32,33). The number of carbonyl (C=O) groups excluding carboxylic acids is 1. The molecule has 42 heavy (non-hydrogen) atoms. The number of aromatic nitrogens is 2. The molecule has 224 valence electrons. The highest BCUT2D eigenvalue weighted by Gasteiger charge is 2.32. The SMILES string of the molecule is CCCc1nc(C(C)(C)O)c(C(=O)OCCCCCC[N+](=O)[O-])n1Cc1ccc(-c2ccccc2C2=NNNN2)cc1. The molecule has 0 radical (unpaired) electrons. The van der Waals surface area contributed by atoms with Crippen LogP contribution in [0.3, 0.4) is 0 Å². The fourth-order valence-corrected chi connectivity index (χ4v) is 4.89. The molecule has 12 heteroatoms. The van der Waals surface area contributed by atoms with Gasteiger partial charge >= 0.3 is 5.97 Å². The highest BCUT2D eigenvalue weighted by atomic mass is 16.6. The van der Waals surface area contributed by atoms with Crippen molar-refractivity contribution in [2.24, 2.45) is 5.10 Å². The Morgan fingerprint density at radius 1 is 1.07 bits per heavy atom. The molecule has 4 rings (SSSR count). The molecule has 2 heterocycles. The molecule has 0 bridgehead atoms. The van der Waals surface area contributed by atoms with Crippen LogP contribution < -0.4 is 16.5 Å². The topological polar surface area (TPSA) is 156 Å². The van der Waals surface area contributed by atoms with Crippen molar-refractivity contribution in [1.82, 2.24) is 26.0 Å². The van der Waals surface area contributed by atoms with E-state index in [-0.39, 0.29) is 23.8 Å². The highest BCUT2D eigenvalue weighted by Crippen LogP contribution is 2.28. The monoisotopic (exact) mass is 577 g/mol. The fraction of sp³-hybridized carbons (Fsp3) is 0.433. The Hall–Kier alpha value is -4.29. The van der Waals surface area contributed by atoms with Gasteiger partial charge in [0.2, 0.25) is 6.54 Å². The summed E-state index contributed by atoms with van der Waals surface area (Å²) in [4.78, 5) is 28.3. The van der Waals surface area contributed by atoms with Crippen molar-refractivity contribution in [3.63, 3.8) is 0 Å². The fourth-order valence-electron chi connectivity index (χ4n) is 4.89. The number of nitro groups is 1. The van der Waals surface area contributed by atoms with E-state index >= 15 is 0 Å². The molecule has 0 saturated heterocycles. The molecule has 0 spiro atoms. The summed E-state index contributed by atoms with van der Waals surface area (Å²) < 4.78 is 7.48. The van der Waals surface area contributed by atoms with Crippen LogP contribution in [-0.2, 0) is 23.3 Å². The van der Waals surface area contributed by atoms with E-state index in [1.807, 2.05) is 60.0 Å². The van der Waals surface area contributed by atoms with E-state index in [4.69, 9.17) is 9.72 Å². The van der Waals surface area contributed by atoms with E-state index in [0.29, 0.717) is 49.6 Å². The molecular formula is C30H39N7O5. The minimum Gasteiger partial charge on any atom is -0.461 e. The zero-order valence-corrected chi connectivity index (χ0v) is 24.4. The Bertz CT molecular complexity index is 1410. The van der Waals surface area contributed by atoms with Crippen LogP contribution in [0.15, 0.2) is 53.6 Å². The van der Waals surface area contributed by atoms with Gasteiger partial charge in [0.1, 0.15) is 17.1 Å². The summed E-state index contributed by atoms with van der Waals surface area (Å²) in [6.45, 7) is 5.79. The number of hydrogen-bond acceptors (Lipinski definition) is 10. The first-order chi connectivity index (χ1) is 20.2. The number of nitrogens with one attached hydrogen (secondary N) is 3. The molecule has 0 saturated carbocycles. The van der Waals surface area contributed by atoms with Gasteiger partial charge in [-0.1, -0.05) is 55.5 Å². The quantitative estimate of drug-likeness (QED) is 0.0906. The zero-order chi connectivity index (χ0) is 30.1. The van der Waals surface area contributed by atoms with Gasteiger partial charge < -0.3 is 14.4 Å². The maximum atomic E-state index is 13.4. The van der Waals surface area contributed by atoms with Gasteiger partial charge in [0.15, 0.2) is 11.5 Å². The van der Waals surface area contributed by atoms with Crippen LogP contribution in [0.4, 0.5) is 0 Å². The number of amidine groups is 1. The Morgan fingerprint density at radius 3 is 2.43 bits per heavy atom. The summed E-state index contributed by atoms with van der Waals surface area (Å²) in [5.41, 5.74) is 11.6. The van der Waals surface area contributed by atoms with Crippen molar-refractivity contribution < 1.29 is 19.6 Å². The van der Waals surface area contributed by atoms with E-state index in [9.17, 15) is 20.0 Å². The summed E-state index contributed by atoms with van der Waals surface area (Å²) >= 11 is 0. The van der Waals surface area contributed by atoms with Gasteiger partial charge in [-0.3, -0.25) is 15.5 Å². The third kappa shape index (κ3) is 7.71. The minimum atomic E-state index is -1.35. The zero-order valence-electron chi connectivity index (χ0n) is 24.4. The van der Waals surface area contributed by atoms with E-state index in [1.165, 1.54) is 0 Å². The second-order valence-electron chi connectivity index (χ2n) is 10.8. The Labute approximate surface area is 245 Å². The summed E-state index contributed by atoms with van der Waals surface area (Å²) in [6, 6.07) is 16.1. The Balaban J connectivity index is 1.55. The number of unbranched alkanes of at least 4 members (excludes halogenated alkanes) is 3. The van der Waals surface area contributed by atoms with Gasteiger partial charge in [-0.25, -0.2) is 15.3 Å². The number of aliphatic hydroxyl groups is 1. The molecule has 1 aliphatic rings. The van der Waals surface area contributed by atoms with Gasteiger partial charge in [0.05, 0.1) is 6.61 Å². The third-order valence-corrected chi connectivity index (χ3v) is 6.95. The number of nitrogens with zero attached hydrogens (tertiary/aromatic N) is 4. The van der Waals surface area contributed by atoms with Gasteiger partial charge in [0.25, 0.3) is 0 Å². The summed E-state index contributed by atoms with van der Waals surface area (Å²) in [5, 5.41) is 25.7. The predicted molar refractivity (Wildman–Crippen MR) is 159 cm³/mol. The van der Waals surface area contributed by atoms with Crippen LogP contribution in [0.2, 0.25) is 0 Å². The number of ether oxygens (including phenoxy) is 1. The van der Waals surface area contributed by atoms with Crippen molar-refractivity contribution in [2.75, 3.05) is 13.2 Å².